The van der Waals surface area contributed by atoms with Crippen molar-refractivity contribution in [1.82, 2.24) is 9.80 Å². The molecule has 3 rings (SSSR count). The molecule has 0 saturated carbocycles. The van der Waals surface area contributed by atoms with Gasteiger partial charge in [-0.15, -0.1) is 0 Å². The maximum Gasteiger partial charge on any atom is 0.322 e. The molecule has 0 N–H and O–H groups in total. The van der Waals surface area contributed by atoms with Crippen molar-refractivity contribution in [2.24, 2.45) is 5.92 Å². The van der Waals surface area contributed by atoms with E-state index in [0.717, 1.165) is 11.1 Å². The summed E-state index contributed by atoms with van der Waals surface area (Å²) in [7, 11) is 0. The first kappa shape index (κ1) is 23.5. The van der Waals surface area contributed by atoms with E-state index in [4.69, 9.17) is 9.47 Å². The molecule has 1 heterocycles. The van der Waals surface area contributed by atoms with E-state index in [2.05, 4.69) is 0 Å². The minimum Gasteiger partial charge on any atom is -0.465 e. The van der Waals surface area contributed by atoms with E-state index in [9.17, 15) is 14.4 Å². The number of nitrogens with zero attached hydrogens (tertiary/aromatic N) is 2. The van der Waals surface area contributed by atoms with Crippen molar-refractivity contribution < 1.29 is 23.9 Å². The zero-order valence-corrected chi connectivity index (χ0v) is 18.6. The fourth-order valence-corrected chi connectivity index (χ4v) is 3.97. The molecule has 1 amide bonds. The topological polar surface area (TPSA) is 76.2 Å². The van der Waals surface area contributed by atoms with Crippen molar-refractivity contribution in [3.05, 3.63) is 71.8 Å². The summed E-state index contributed by atoms with van der Waals surface area (Å²) in [5, 5.41) is 0. The molecule has 1 atom stereocenters. The summed E-state index contributed by atoms with van der Waals surface area (Å²) >= 11 is 0. The van der Waals surface area contributed by atoms with Gasteiger partial charge in [-0.1, -0.05) is 60.7 Å². The molecule has 0 radical (unpaired) electrons. The number of hydrogen-bond donors (Lipinski definition) is 0. The Bertz CT molecular complexity index is 885. The lowest BCUT2D eigenvalue weighted by Gasteiger charge is -2.42. The predicted octanol–water partition coefficient (Wildman–Crippen LogP) is 2.64. The van der Waals surface area contributed by atoms with Crippen LogP contribution in [0, 0.1) is 5.92 Å². The van der Waals surface area contributed by atoms with Crippen LogP contribution in [-0.2, 0) is 36.9 Å². The summed E-state index contributed by atoms with van der Waals surface area (Å²) in [6, 6.07) is 18.4. The van der Waals surface area contributed by atoms with Gasteiger partial charge in [-0.3, -0.25) is 19.3 Å². The highest BCUT2D eigenvalue weighted by Gasteiger charge is 2.48. The Morgan fingerprint density at radius 3 is 1.84 bits per heavy atom. The molecule has 1 saturated heterocycles. The second-order valence-electron chi connectivity index (χ2n) is 7.63. The Labute approximate surface area is 188 Å². The van der Waals surface area contributed by atoms with Crippen LogP contribution >= 0.6 is 0 Å². The minimum absolute atomic E-state index is 0.113. The first-order valence-electron chi connectivity index (χ1n) is 11.0. The van der Waals surface area contributed by atoms with Gasteiger partial charge in [-0.2, -0.15) is 0 Å². The van der Waals surface area contributed by atoms with Gasteiger partial charge in [0.1, 0.15) is 6.04 Å². The van der Waals surface area contributed by atoms with Crippen LogP contribution in [0.4, 0.5) is 0 Å². The predicted molar refractivity (Wildman–Crippen MR) is 119 cm³/mol. The van der Waals surface area contributed by atoms with Crippen molar-refractivity contribution in [2.75, 3.05) is 26.3 Å². The molecular weight excluding hydrogens is 408 g/mol. The number of esters is 2. The minimum atomic E-state index is -1.34. The smallest absolute Gasteiger partial charge is 0.322 e. The number of carbonyl (C=O) groups is 3. The van der Waals surface area contributed by atoms with E-state index < -0.39 is 23.9 Å². The fraction of sp³-hybridized carbons (Fsp3) is 0.400. The fourth-order valence-electron chi connectivity index (χ4n) is 3.97. The molecule has 170 valence electrons. The molecule has 2 aromatic carbocycles. The second kappa shape index (κ2) is 11.4. The van der Waals surface area contributed by atoms with Crippen molar-refractivity contribution in [1.29, 1.82) is 0 Å². The van der Waals surface area contributed by atoms with Gasteiger partial charge >= 0.3 is 11.9 Å². The van der Waals surface area contributed by atoms with E-state index in [1.54, 1.807) is 18.7 Å². The van der Waals surface area contributed by atoms with Gasteiger partial charge in [0.25, 0.3) is 0 Å². The molecule has 32 heavy (non-hydrogen) atoms. The van der Waals surface area contributed by atoms with Crippen LogP contribution in [0.25, 0.3) is 0 Å². The van der Waals surface area contributed by atoms with E-state index in [0.29, 0.717) is 26.2 Å². The van der Waals surface area contributed by atoms with Crippen molar-refractivity contribution in [3.8, 4) is 0 Å². The van der Waals surface area contributed by atoms with Crippen LogP contribution in [0.3, 0.4) is 0 Å². The van der Waals surface area contributed by atoms with Crippen LogP contribution in [0.15, 0.2) is 60.7 Å². The van der Waals surface area contributed by atoms with Crippen LogP contribution in [-0.4, -0.2) is 60.0 Å². The van der Waals surface area contributed by atoms with E-state index >= 15 is 0 Å². The molecule has 1 aliphatic rings. The zero-order chi connectivity index (χ0) is 22.9. The molecule has 2 aromatic rings. The lowest BCUT2D eigenvalue weighted by atomic mass is 9.93. The number of carbonyl (C=O) groups excluding carboxylic acids is 3. The molecule has 1 unspecified atom stereocenters. The number of rotatable bonds is 9. The highest BCUT2D eigenvalue weighted by molar-refractivity contribution is 6.02. The SMILES string of the molecule is CCOC(=O)C(C(=O)OCC)C1C(=O)N(Cc2ccccc2)CCN1Cc1ccccc1. The van der Waals surface area contributed by atoms with Crippen LogP contribution in [0.2, 0.25) is 0 Å². The Morgan fingerprint density at radius 2 is 1.34 bits per heavy atom. The number of ether oxygens (including phenoxy) is 2. The molecule has 0 aliphatic carbocycles. The molecule has 0 bridgehead atoms. The van der Waals surface area contributed by atoms with Gasteiger partial charge in [0.15, 0.2) is 5.92 Å². The van der Waals surface area contributed by atoms with Gasteiger partial charge in [0, 0.05) is 26.2 Å². The van der Waals surface area contributed by atoms with Gasteiger partial charge in [-0.25, -0.2) is 0 Å². The number of piperazine rings is 1. The monoisotopic (exact) mass is 438 g/mol. The van der Waals surface area contributed by atoms with E-state index in [1.165, 1.54) is 0 Å². The Morgan fingerprint density at radius 1 is 0.844 bits per heavy atom. The summed E-state index contributed by atoms with van der Waals surface area (Å²) < 4.78 is 10.4. The average molecular weight is 439 g/mol. The van der Waals surface area contributed by atoms with Gasteiger partial charge in [0.05, 0.1) is 13.2 Å². The lowest BCUT2D eigenvalue weighted by Crippen LogP contribution is -2.61. The van der Waals surface area contributed by atoms with Crippen molar-refractivity contribution in [3.63, 3.8) is 0 Å². The van der Waals surface area contributed by atoms with E-state index in [1.807, 2.05) is 65.6 Å². The highest BCUT2D eigenvalue weighted by Crippen LogP contribution is 2.25. The summed E-state index contributed by atoms with van der Waals surface area (Å²) in [6.45, 7) is 5.44. The Kier molecular flexibility index (Phi) is 8.39. The summed E-state index contributed by atoms with van der Waals surface area (Å²) in [5.74, 6) is -3.08. The van der Waals surface area contributed by atoms with Crippen LogP contribution in [0.1, 0.15) is 25.0 Å². The number of amides is 1. The maximum absolute atomic E-state index is 13.7. The Balaban J connectivity index is 1.93. The number of benzene rings is 2. The van der Waals surface area contributed by atoms with Crippen molar-refractivity contribution >= 4 is 17.8 Å². The zero-order valence-electron chi connectivity index (χ0n) is 18.6. The highest BCUT2D eigenvalue weighted by atomic mass is 16.6. The first-order valence-corrected chi connectivity index (χ1v) is 11.0. The third-order valence-electron chi connectivity index (χ3n) is 5.46. The quantitative estimate of drug-likeness (QED) is 0.443. The van der Waals surface area contributed by atoms with E-state index in [-0.39, 0.29) is 19.1 Å². The average Bonchev–Trinajstić information content (AvgIpc) is 2.79. The standard InChI is InChI=1S/C25H30N2O5/c1-3-31-24(29)21(25(30)32-4-2)22-23(28)27(18-20-13-9-6-10-14-20)16-15-26(22)17-19-11-7-5-8-12-19/h5-14,21-22H,3-4,15-18H2,1-2H3. The molecular formula is C25H30N2O5. The normalized spacial score (nSPS) is 16.8. The second-order valence-corrected chi connectivity index (χ2v) is 7.63. The summed E-state index contributed by atoms with van der Waals surface area (Å²) in [6.07, 6.45) is 0. The lowest BCUT2D eigenvalue weighted by molar-refractivity contribution is -0.172. The van der Waals surface area contributed by atoms with Gasteiger partial charge < -0.3 is 14.4 Å². The van der Waals surface area contributed by atoms with Gasteiger partial charge in [0.2, 0.25) is 5.91 Å². The molecule has 7 heteroatoms. The third-order valence-corrected chi connectivity index (χ3v) is 5.46. The number of hydrogen-bond acceptors (Lipinski definition) is 6. The summed E-state index contributed by atoms with van der Waals surface area (Å²) in [4.78, 5) is 42.9. The largest absolute Gasteiger partial charge is 0.465 e. The van der Waals surface area contributed by atoms with Crippen LogP contribution in [0.5, 0.6) is 0 Å². The van der Waals surface area contributed by atoms with Crippen molar-refractivity contribution in [2.45, 2.75) is 33.0 Å². The maximum atomic E-state index is 13.7. The summed E-state index contributed by atoms with van der Waals surface area (Å²) in [5.41, 5.74) is 1.98. The first-order chi connectivity index (χ1) is 15.5. The molecule has 7 nitrogen and oxygen atoms in total. The molecule has 0 aromatic heterocycles. The molecule has 0 spiro atoms. The van der Waals surface area contributed by atoms with Gasteiger partial charge in [-0.05, 0) is 25.0 Å². The molecule has 1 aliphatic heterocycles. The Hall–Kier alpha value is -3.19. The molecule has 1 fully saturated rings. The third kappa shape index (κ3) is 5.73. The van der Waals surface area contributed by atoms with Crippen LogP contribution < -0.4 is 0 Å².